The summed E-state index contributed by atoms with van der Waals surface area (Å²) in [5, 5.41) is 31.9. The summed E-state index contributed by atoms with van der Waals surface area (Å²) in [6.07, 6.45) is 0. The topological polar surface area (TPSA) is 103 Å². The van der Waals surface area contributed by atoms with Gasteiger partial charge in [-0.2, -0.15) is 0 Å². The number of hydrogen-bond donors (Lipinski definition) is 3. The van der Waals surface area contributed by atoms with Gasteiger partial charge in [-0.05, 0) is 56.0 Å². The zero-order valence-electron chi connectivity index (χ0n) is 19.0. The number of hydrogen-bond acceptors (Lipinski definition) is 6. The fraction of sp³-hybridized carbons (Fsp3) is 0.417. The van der Waals surface area contributed by atoms with Gasteiger partial charge in [0.25, 0.3) is 0 Å². The largest absolute Gasteiger partial charge is 0.507 e. The van der Waals surface area contributed by atoms with Crippen molar-refractivity contribution < 1.29 is 25.0 Å². The Kier molecular flexibility index (Phi) is 7.55. The number of ether oxygens (including phenoxy) is 1. The first kappa shape index (κ1) is 24.1. The smallest absolute Gasteiger partial charge is 0.339 e. The van der Waals surface area contributed by atoms with Gasteiger partial charge in [0.05, 0.1) is 0 Å². The molecule has 168 valence electrons. The first-order valence-electron chi connectivity index (χ1n) is 10.3. The van der Waals surface area contributed by atoms with E-state index in [2.05, 4.69) is 51.6 Å². The summed E-state index contributed by atoms with van der Waals surface area (Å²) in [6.45, 7) is 13.7. The molecule has 0 saturated carbocycles. The number of carboxylic acid groups (broad SMARTS) is 1. The number of benzene rings is 2. The van der Waals surface area contributed by atoms with Gasteiger partial charge in [0.1, 0.15) is 29.4 Å². The van der Waals surface area contributed by atoms with Crippen molar-refractivity contribution in [2.24, 2.45) is 5.16 Å². The van der Waals surface area contributed by atoms with Crippen molar-refractivity contribution in [3.05, 3.63) is 53.1 Å². The standard InChI is InChI=1S/C24H32N2O5/c1-7-26(15(2)3)21-11-8-16(12-19(21)24(4,5)6)20(25-30)14-31-17-9-10-18(23(28)29)22(27)13-17/h8-13,15,27,30H,7,14H2,1-6H3,(H,28,29)/b25-20-. The summed E-state index contributed by atoms with van der Waals surface area (Å²) in [5.74, 6) is -1.34. The summed E-state index contributed by atoms with van der Waals surface area (Å²) < 4.78 is 5.64. The maximum atomic E-state index is 11.0. The average Bonchev–Trinajstić information content (AvgIpc) is 2.68. The van der Waals surface area contributed by atoms with Crippen LogP contribution in [-0.4, -0.2) is 46.3 Å². The zero-order chi connectivity index (χ0) is 23.3. The highest BCUT2D eigenvalue weighted by atomic mass is 16.5. The third kappa shape index (κ3) is 5.69. The second-order valence-electron chi connectivity index (χ2n) is 8.68. The summed E-state index contributed by atoms with van der Waals surface area (Å²) >= 11 is 0. The molecule has 2 aromatic rings. The maximum Gasteiger partial charge on any atom is 0.339 e. The Labute approximate surface area is 183 Å². The highest BCUT2D eigenvalue weighted by Gasteiger charge is 2.23. The lowest BCUT2D eigenvalue weighted by atomic mass is 9.83. The van der Waals surface area contributed by atoms with Gasteiger partial charge < -0.3 is 25.1 Å². The Balaban J connectivity index is 2.33. The minimum absolute atomic E-state index is 0.0487. The van der Waals surface area contributed by atoms with Crippen molar-refractivity contribution in [1.29, 1.82) is 0 Å². The maximum absolute atomic E-state index is 11.0. The van der Waals surface area contributed by atoms with Crippen LogP contribution in [0.25, 0.3) is 0 Å². The first-order chi connectivity index (χ1) is 14.5. The van der Waals surface area contributed by atoms with Crippen LogP contribution < -0.4 is 9.64 Å². The summed E-state index contributed by atoms with van der Waals surface area (Å²) in [6, 6.07) is 10.2. The third-order valence-corrected chi connectivity index (χ3v) is 5.11. The van der Waals surface area contributed by atoms with Crippen LogP contribution in [0.15, 0.2) is 41.6 Å². The van der Waals surface area contributed by atoms with Crippen molar-refractivity contribution >= 4 is 17.4 Å². The second-order valence-corrected chi connectivity index (χ2v) is 8.68. The van der Waals surface area contributed by atoms with Gasteiger partial charge in [0.2, 0.25) is 0 Å². The first-order valence-corrected chi connectivity index (χ1v) is 10.3. The van der Waals surface area contributed by atoms with Crippen molar-refractivity contribution in [2.45, 2.75) is 53.0 Å². The molecule has 0 saturated heterocycles. The van der Waals surface area contributed by atoms with E-state index in [0.717, 1.165) is 23.4 Å². The Morgan fingerprint density at radius 3 is 2.32 bits per heavy atom. The van der Waals surface area contributed by atoms with Crippen molar-refractivity contribution in [3.8, 4) is 11.5 Å². The van der Waals surface area contributed by atoms with Crippen LogP contribution in [0.1, 0.15) is 63.0 Å². The van der Waals surface area contributed by atoms with Crippen molar-refractivity contribution in [1.82, 2.24) is 0 Å². The van der Waals surface area contributed by atoms with Crippen molar-refractivity contribution in [2.75, 3.05) is 18.1 Å². The van der Waals surface area contributed by atoms with Crippen LogP contribution in [0.4, 0.5) is 5.69 Å². The highest BCUT2D eigenvalue weighted by Crippen LogP contribution is 2.34. The number of anilines is 1. The molecule has 0 radical (unpaired) electrons. The Bertz CT molecular complexity index is 961. The predicted octanol–water partition coefficient (Wildman–Crippen LogP) is 4.88. The van der Waals surface area contributed by atoms with Gasteiger partial charge in [-0.1, -0.05) is 32.0 Å². The number of rotatable bonds is 8. The summed E-state index contributed by atoms with van der Waals surface area (Å²) in [7, 11) is 0. The van der Waals surface area contributed by atoms with Crippen LogP contribution in [0.3, 0.4) is 0 Å². The normalized spacial score (nSPS) is 12.2. The quantitative estimate of drug-likeness (QED) is 0.315. The number of carbonyl (C=O) groups is 1. The molecule has 31 heavy (non-hydrogen) atoms. The van der Waals surface area contributed by atoms with Gasteiger partial charge >= 0.3 is 5.97 Å². The molecule has 2 rings (SSSR count). The van der Waals surface area contributed by atoms with Crippen LogP contribution in [0, 0.1) is 0 Å². The van der Waals surface area contributed by atoms with Gasteiger partial charge in [-0.15, -0.1) is 0 Å². The number of aromatic carboxylic acids is 1. The molecule has 0 bridgehead atoms. The molecule has 0 unspecified atom stereocenters. The van der Waals surface area contributed by atoms with Crippen LogP contribution in [0.5, 0.6) is 11.5 Å². The zero-order valence-corrected chi connectivity index (χ0v) is 19.0. The molecule has 0 heterocycles. The van der Waals surface area contributed by atoms with Gasteiger partial charge in [-0.25, -0.2) is 4.79 Å². The van der Waals surface area contributed by atoms with E-state index in [1.54, 1.807) is 0 Å². The molecule has 0 aliphatic rings. The number of nitrogens with zero attached hydrogens (tertiary/aromatic N) is 2. The number of phenols is 1. The number of oxime groups is 1. The average molecular weight is 429 g/mol. The molecular formula is C24H32N2O5. The molecule has 0 spiro atoms. The molecular weight excluding hydrogens is 396 g/mol. The van der Waals surface area contributed by atoms with Crippen LogP contribution in [0.2, 0.25) is 0 Å². The van der Waals surface area contributed by atoms with E-state index in [-0.39, 0.29) is 29.1 Å². The van der Waals surface area contributed by atoms with Crippen molar-refractivity contribution in [3.63, 3.8) is 0 Å². The highest BCUT2D eigenvalue weighted by molar-refractivity contribution is 6.02. The van der Waals surface area contributed by atoms with Gasteiger partial charge in [0, 0.05) is 29.9 Å². The lowest BCUT2D eigenvalue weighted by molar-refractivity contribution is 0.0693. The fourth-order valence-electron chi connectivity index (χ4n) is 3.48. The molecule has 0 atom stereocenters. The van der Waals surface area contributed by atoms with E-state index in [4.69, 9.17) is 9.84 Å². The number of carboxylic acids is 1. The summed E-state index contributed by atoms with van der Waals surface area (Å²) in [5.41, 5.74) is 2.98. The number of aromatic hydroxyl groups is 1. The third-order valence-electron chi connectivity index (χ3n) is 5.11. The molecule has 7 heteroatoms. The molecule has 0 fully saturated rings. The van der Waals surface area contributed by atoms with Gasteiger partial charge in [0.15, 0.2) is 0 Å². The molecule has 2 aromatic carbocycles. The van der Waals surface area contributed by atoms with Crippen LogP contribution in [-0.2, 0) is 5.41 Å². The van der Waals surface area contributed by atoms with E-state index < -0.39 is 5.97 Å². The SMILES string of the molecule is CCN(c1ccc(/C(COc2ccc(C(=O)O)c(O)c2)=N\O)cc1C(C)(C)C)C(C)C. The molecule has 7 nitrogen and oxygen atoms in total. The Morgan fingerprint density at radius 1 is 1.16 bits per heavy atom. The minimum Gasteiger partial charge on any atom is -0.507 e. The molecule has 3 N–H and O–H groups in total. The van der Waals surface area contributed by atoms with E-state index in [1.165, 1.54) is 18.2 Å². The van der Waals surface area contributed by atoms with E-state index >= 15 is 0 Å². The van der Waals surface area contributed by atoms with E-state index in [1.807, 2.05) is 18.2 Å². The monoisotopic (exact) mass is 428 g/mol. The van der Waals surface area contributed by atoms with Gasteiger partial charge in [-0.3, -0.25) is 0 Å². The second kappa shape index (κ2) is 9.73. The lowest BCUT2D eigenvalue weighted by Gasteiger charge is -2.34. The predicted molar refractivity (Wildman–Crippen MR) is 122 cm³/mol. The van der Waals surface area contributed by atoms with E-state index in [0.29, 0.717) is 11.8 Å². The fourth-order valence-corrected chi connectivity index (χ4v) is 3.48. The molecule has 0 aliphatic heterocycles. The molecule has 0 amide bonds. The van der Waals surface area contributed by atoms with E-state index in [9.17, 15) is 15.1 Å². The summed E-state index contributed by atoms with van der Waals surface area (Å²) in [4.78, 5) is 13.3. The Morgan fingerprint density at radius 2 is 1.84 bits per heavy atom. The molecule has 0 aliphatic carbocycles. The minimum atomic E-state index is -1.22. The Hall–Kier alpha value is -3.22. The lowest BCUT2D eigenvalue weighted by Crippen LogP contribution is -2.33. The van der Waals surface area contributed by atoms with Crippen LogP contribution >= 0.6 is 0 Å². The molecule has 0 aromatic heterocycles.